The van der Waals surface area contributed by atoms with Crippen LogP contribution in [0, 0.1) is 0 Å². The summed E-state index contributed by atoms with van der Waals surface area (Å²) in [4.78, 5) is 36.6. The SMILES string of the molecule is CC/C=C/C/C=C/C/C=C/C/C=C/C/C=C/C/C=C/CCCCCCC(=O)OC(COCCC(C(=O)[O-])[N+](C)(C)C)COC(=O)C/C=C/C/C=C/C/C=C/CC. The third-order valence-electron chi connectivity index (χ3n) is 8.44. The van der Waals surface area contributed by atoms with Crippen LogP contribution in [-0.2, 0) is 28.6 Å². The summed E-state index contributed by atoms with van der Waals surface area (Å²) in [6, 6.07) is -0.748. The summed E-state index contributed by atoms with van der Waals surface area (Å²) in [6.45, 7) is 4.25. The van der Waals surface area contributed by atoms with Crippen molar-refractivity contribution in [2.24, 2.45) is 0 Å². The van der Waals surface area contributed by atoms with E-state index >= 15 is 0 Å². The Kier molecular flexibility index (Phi) is 35.2. The number of hydrogen-bond donors (Lipinski definition) is 0. The molecule has 2 atom stereocenters. The number of carbonyl (C=O) groups is 3. The fraction of sp³-hybridized carbons (Fsp3) is 0.562. The minimum absolute atomic E-state index is 0.00496. The lowest BCUT2D eigenvalue weighted by atomic mass is 10.1. The van der Waals surface area contributed by atoms with Gasteiger partial charge in [-0.25, -0.2) is 0 Å². The molecule has 0 aliphatic rings. The van der Waals surface area contributed by atoms with E-state index in [-0.39, 0.29) is 49.5 Å². The zero-order valence-electron chi connectivity index (χ0n) is 35.5. The Hall–Kier alpha value is -4.01. The maximum atomic E-state index is 12.7. The minimum atomic E-state index is -1.15. The number of quaternary nitrogens is 1. The lowest BCUT2D eigenvalue weighted by Crippen LogP contribution is -2.55. The number of unbranched alkanes of at least 4 members (excludes halogenated alkanes) is 4. The molecule has 0 aromatic rings. The average molecular weight is 778 g/mol. The summed E-state index contributed by atoms with van der Waals surface area (Å²) < 4.78 is 16.9. The normalized spacial score (nSPS) is 14.1. The van der Waals surface area contributed by atoms with Crippen molar-refractivity contribution in [3.05, 3.63) is 109 Å². The van der Waals surface area contributed by atoms with Crippen molar-refractivity contribution in [3.8, 4) is 0 Å². The largest absolute Gasteiger partial charge is 0.544 e. The van der Waals surface area contributed by atoms with Crippen LogP contribution in [0.15, 0.2) is 109 Å². The summed E-state index contributed by atoms with van der Waals surface area (Å²) >= 11 is 0. The monoisotopic (exact) mass is 778 g/mol. The topological polar surface area (TPSA) is 102 Å². The molecule has 314 valence electrons. The van der Waals surface area contributed by atoms with Crippen LogP contribution >= 0.6 is 0 Å². The van der Waals surface area contributed by atoms with Crippen molar-refractivity contribution in [3.63, 3.8) is 0 Å². The van der Waals surface area contributed by atoms with Crippen LogP contribution < -0.4 is 5.11 Å². The lowest BCUT2D eigenvalue weighted by Gasteiger charge is -2.34. The van der Waals surface area contributed by atoms with E-state index in [4.69, 9.17) is 14.2 Å². The molecule has 0 aromatic carbocycles. The molecule has 0 aromatic heterocycles. The highest BCUT2D eigenvalue weighted by Crippen LogP contribution is 2.11. The number of carboxylic acids is 1. The van der Waals surface area contributed by atoms with Gasteiger partial charge in [0.05, 0.1) is 46.7 Å². The molecular formula is C48H75NO7. The molecule has 56 heavy (non-hydrogen) atoms. The van der Waals surface area contributed by atoms with Crippen molar-refractivity contribution in [1.29, 1.82) is 0 Å². The molecule has 8 heteroatoms. The Bertz CT molecular complexity index is 1280. The summed E-state index contributed by atoms with van der Waals surface area (Å²) in [6.07, 6.45) is 51.6. The summed E-state index contributed by atoms with van der Waals surface area (Å²) in [5, 5.41) is 11.6. The molecular weight excluding hydrogens is 703 g/mol. The molecule has 0 saturated heterocycles. The molecule has 0 rings (SSSR count). The molecule has 0 spiro atoms. The van der Waals surface area contributed by atoms with Gasteiger partial charge in [0.1, 0.15) is 12.6 Å². The van der Waals surface area contributed by atoms with Crippen molar-refractivity contribution in [2.45, 2.75) is 135 Å². The average Bonchev–Trinajstić information content (AvgIpc) is 3.15. The van der Waals surface area contributed by atoms with Crippen LogP contribution in [0.2, 0.25) is 0 Å². The van der Waals surface area contributed by atoms with Gasteiger partial charge in [0.25, 0.3) is 0 Å². The highest BCUT2D eigenvalue weighted by atomic mass is 16.6. The van der Waals surface area contributed by atoms with Crippen LogP contribution in [0.25, 0.3) is 0 Å². The number of esters is 2. The highest BCUT2D eigenvalue weighted by molar-refractivity contribution is 5.71. The number of nitrogens with zero attached hydrogens (tertiary/aromatic N) is 1. The molecule has 0 radical (unpaired) electrons. The van der Waals surface area contributed by atoms with Crippen LogP contribution in [0.4, 0.5) is 0 Å². The van der Waals surface area contributed by atoms with Gasteiger partial charge in [-0.2, -0.15) is 0 Å². The van der Waals surface area contributed by atoms with E-state index in [0.717, 1.165) is 83.5 Å². The molecule has 0 fully saturated rings. The van der Waals surface area contributed by atoms with Crippen molar-refractivity contribution < 1.29 is 38.2 Å². The van der Waals surface area contributed by atoms with Crippen molar-refractivity contribution in [1.82, 2.24) is 0 Å². The minimum Gasteiger partial charge on any atom is -0.544 e. The number of hydrogen-bond acceptors (Lipinski definition) is 7. The van der Waals surface area contributed by atoms with Crippen LogP contribution in [-0.4, -0.2) is 75.5 Å². The molecule has 0 saturated carbocycles. The van der Waals surface area contributed by atoms with E-state index in [2.05, 4.69) is 105 Å². The number of likely N-dealkylation sites (N-methyl/N-ethyl adjacent to an activating group) is 1. The van der Waals surface area contributed by atoms with Crippen molar-refractivity contribution >= 4 is 17.9 Å². The highest BCUT2D eigenvalue weighted by Gasteiger charge is 2.25. The first-order valence-electron chi connectivity index (χ1n) is 20.9. The van der Waals surface area contributed by atoms with E-state index < -0.39 is 24.1 Å². The third kappa shape index (κ3) is 35.7. The molecule has 0 aliphatic carbocycles. The fourth-order valence-corrected chi connectivity index (χ4v) is 5.25. The first-order chi connectivity index (χ1) is 27.1. The molecule has 2 unspecified atom stereocenters. The Morgan fingerprint density at radius 1 is 0.554 bits per heavy atom. The molecule has 0 N–H and O–H groups in total. The molecule has 0 amide bonds. The predicted molar refractivity (Wildman–Crippen MR) is 231 cm³/mol. The van der Waals surface area contributed by atoms with Gasteiger partial charge in [0.2, 0.25) is 0 Å². The van der Waals surface area contributed by atoms with E-state index in [1.165, 1.54) is 0 Å². The van der Waals surface area contributed by atoms with Gasteiger partial charge in [0, 0.05) is 12.8 Å². The second-order valence-corrected chi connectivity index (χ2v) is 14.5. The zero-order chi connectivity index (χ0) is 41.4. The number of carbonyl (C=O) groups excluding carboxylic acids is 3. The first-order valence-corrected chi connectivity index (χ1v) is 20.9. The Balaban J connectivity index is 4.43. The van der Waals surface area contributed by atoms with Gasteiger partial charge in [-0.3, -0.25) is 9.59 Å². The summed E-state index contributed by atoms with van der Waals surface area (Å²) in [7, 11) is 5.35. The van der Waals surface area contributed by atoms with Crippen LogP contribution in [0.5, 0.6) is 0 Å². The summed E-state index contributed by atoms with van der Waals surface area (Å²) in [5.41, 5.74) is 0. The Labute approximate surface area is 340 Å². The number of ether oxygens (including phenoxy) is 3. The number of carboxylic acid groups (broad SMARTS) is 1. The second kappa shape index (κ2) is 37.9. The maximum Gasteiger partial charge on any atom is 0.309 e. The smallest absolute Gasteiger partial charge is 0.309 e. The van der Waals surface area contributed by atoms with Gasteiger partial charge >= 0.3 is 11.9 Å². The van der Waals surface area contributed by atoms with E-state index in [9.17, 15) is 19.5 Å². The fourth-order valence-electron chi connectivity index (χ4n) is 5.25. The predicted octanol–water partition coefficient (Wildman–Crippen LogP) is 9.96. The Morgan fingerprint density at radius 3 is 1.46 bits per heavy atom. The van der Waals surface area contributed by atoms with Crippen LogP contribution in [0.3, 0.4) is 0 Å². The van der Waals surface area contributed by atoms with Crippen molar-refractivity contribution in [2.75, 3.05) is 41.0 Å². The van der Waals surface area contributed by atoms with E-state index in [0.29, 0.717) is 6.42 Å². The van der Waals surface area contributed by atoms with Gasteiger partial charge in [-0.05, 0) is 77.0 Å². The number of aliphatic carboxylic acids is 1. The first kappa shape index (κ1) is 52.0. The summed E-state index contributed by atoms with van der Waals surface area (Å²) in [5.74, 6) is -1.94. The third-order valence-corrected chi connectivity index (χ3v) is 8.44. The molecule has 8 nitrogen and oxygen atoms in total. The zero-order valence-corrected chi connectivity index (χ0v) is 35.5. The van der Waals surface area contributed by atoms with Gasteiger partial charge in [-0.1, -0.05) is 136 Å². The Morgan fingerprint density at radius 2 is 1.00 bits per heavy atom. The van der Waals surface area contributed by atoms with Gasteiger partial charge < -0.3 is 28.6 Å². The molecule has 0 bridgehead atoms. The van der Waals surface area contributed by atoms with Crippen LogP contribution in [0.1, 0.15) is 123 Å². The number of rotatable bonds is 35. The quantitative estimate of drug-likeness (QED) is 0.0273. The molecule has 0 heterocycles. The lowest BCUT2D eigenvalue weighted by molar-refractivity contribution is -0.889. The van der Waals surface area contributed by atoms with E-state index in [1.807, 2.05) is 12.2 Å². The maximum absolute atomic E-state index is 12.7. The second-order valence-electron chi connectivity index (χ2n) is 14.5. The standard InChI is InChI=1S/C48H75NO7/c1-6-8-10-12-14-16-17-18-19-20-21-22-23-24-25-26-27-28-29-31-33-35-37-39-47(51)56-44(42-54-41-40-45(48(52)53)49(3,4)5)43-55-46(50)38-36-34-32-30-15-13-11-9-7-2/h8-11,14-16,18-19,21-22,24-25,27-28,30,34,36,44-45H,6-7,12-13,17,20,23,26,29,31-33,35,37-43H2,1-5H3/b10-8+,11-9+,16-14+,19-18+,22-21+,25-24+,28-27+,30-15+,36-34+. The van der Waals surface area contributed by atoms with E-state index in [1.54, 1.807) is 27.2 Å². The number of allylic oxidation sites excluding steroid dienone is 17. The van der Waals surface area contributed by atoms with Gasteiger partial charge in [-0.15, -0.1) is 0 Å². The van der Waals surface area contributed by atoms with Gasteiger partial charge in [0.15, 0.2) is 6.10 Å². The molecule has 0 aliphatic heterocycles.